The fraction of sp³-hybridized carbons (Fsp3) is 0.500. The lowest BCUT2D eigenvalue weighted by atomic mass is 10.4. The number of nitrogen functional groups attached to an aromatic ring is 1. The van der Waals surface area contributed by atoms with Gasteiger partial charge in [-0.15, -0.1) is 0 Å². The molecule has 2 N–H and O–H groups in total. The van der Waals surface area contributed by atoms with Crippen molar-refractivity contribution < 1.29 is 15.7 Å². The molecule has 2 rings (SSSR count). The number of hydrogen-bond donors (Lipinski definition) is 1. The van der Waals surface area contributed by atoms with Gasteiger partial charge in [0.1, 0.15) is 11.6 Å². The summed E-state index contributed by atoms with van der Waals surface area (Å²) in [6.45, 7) is -12.3. The van der Waals surface area contributed by atoms with Crippen LogP contribution in [0.2, 0.25) is 0 Å². The first-order valence-corrected chi connectivity index (χ1v) is 3.41. The highest BCUT2D eigenvalue weighted by Crippen LogP contribution is 2.10. The molecule has 0 aliphatic carbocycles. The van der Waals surface area contributed by atoms with Gasteiger partial charge >= 0.3 is 0 Å². The van der Waals surface area contributed by atoms with Crippen molar-refractivity contribution in [3.8, 4) is 0 Å². The smallest absolute Gasteiger partial charge is 0.147 e. The molecule has 1 aliphatic heterocycles. The highest BCUT2D eigenvalue weighted by molar-refractivity contribution is 5.39. The van der Waals surface area contributed by atoms with E-state index in [2.05, 4.69) is 14.7 Å². The van der Waals surface area contributed by atoms with Crippen molar-refractivity contribution in [1.82, 2.24) is 9.97 Å². The number of aromatic nitrogens is 2. The predicted molar refractivity (Wildman–Crippen MR) is 49.5 cm³/mol. The highest BCUT2D eigenvalue weighted by Gasteiger charge is 2.11. The summed E-state index contributed by atoms with van der Waals surface area (Å²) in [5, 5.41) is 0. The fourth-order valence-electron chi connectivity index (χ4n) is 0.752. The van der Waals surface area contributed by atoms with Gasteiger partial charge in [-0.2, -0.15) is 0 Å². The first-order valence-electron chi connectivity index (χ1n) is 7.41. The molecule has 0 bridgehead atoms. The van der Waals surface area contributed by atoms with Crippen LogP contribution in [0.25, 0.3) is 0 Å². The number of morpholine rings is 1. The fourth-order valence-corrected chi connectivity index (χ4v) is 0.752. The molecule has 0 radical (unpaired) electrons. The van der Waals surface area contributed by atoms with Crippen LogP contribution >= 0.6 is 0 Å². The Morgan fingerprint density at radius 2 is 2.15 bits per heavy atom. The second-order valence-electron chi connectivity index (χ2n) is 2.16. The molecule has 0 aromatic carbocycles. The Bertz CT molecular complexity index is 522. The number of anilines is 2. The molecule has 1 aromatic rings. The molecular weight excluding hydrogens is 168 g/mol. The zero-order chi connectivity index (χ0) is 16.3. The van der Waals surface area contributed by atoms with Gasteiger partial charge in [-0.25, -0.2) is 9.97 Å². The lowest BCUT2D eigenvalue weighted by Crippen LogP contribution is -2.36. The van der Waals surface area contributed by atoms with Crippen LogP contribution in [0, 0.1) is 0 Å². The molecule has 0 atom stereocenters. The average Bonchev–Trinajstić information content (AvgIpc) is 2.28. The van der Waals surface area contributed by atoms with Crippen molar-refractivity contribution in [2.45, 2.75) is 0 Å². The summed E-state index contributed by atoms with van der Waals surface area (Å²) in [6.07, 6.45) is 1.96. The summed E-state index contributed by atoms with van der Waals surface area (Å²) < 4.78 is 65.7. The average molecular weight is 188 g/mol. The quantitative estimate of drug-likeness (QED) is 0.666. The second-order valence-corrected chi connectivity index (χ2v) is 2.16. The lowest BCUT2D eigenvalue weighted by molar-refractivity contribution is 0.122. The predicted octanol–water partition coefficient (Wildman–Crippen LogP) is -0.105. The zero-order valence-electron chi connectivity index (χ0n) is 14.5. The molecule has 0 spiro atoms. The molecular formula is C8H12N4O. The van der Waals surface area contributed by atoms with E-state index in [-0.39, 0.29) is 10.7 Å². The summed E-state index contributed by atoms with van der Waals surface area (Å²) in [4.78, 5) is 7.56. The van der Waals surface area contributed by atoms with Crippen LogP contribution < -0.4 is 10.6 Å². The number of rotatable bonds is 1. The Balaban J connectivity index is 2.64. The van der Waals surface area contributed by atoms with E-state index in [0.717, 1.165) is 12.4 Å². The monoisotopic (exact) mass is 188 g/mol. The van der Waals surface area contributed by atoms with Crippen molar-refractivity contribution in [3.05, 3.63) is 12.4 Å². The number of ether oxygens (including phenoxy) is 1. The molecule has 0 amide bonds. The summed E-state index contributed by atoms with van der Waals surface area (Å²) >= 11 is 0. The molecule has 1 aromatic heterocycles. The summed E-state index contributed by atoms with van der Waals surface area (Å²) in [5.74, 6) is -0.408. The Hall–Kier alpha value is -1.36. The molecule has 5 nitrogen and oxygen atoms in total. The van der Waals surface area contributed by atoms with Crippen LogP contribution in [0.15, 0.2) is 12.4 Å². The molecule has 0 saturated carbocycles. The van der Waals surface area contributed by atoms with Crippen molar-refractivity contribution in [1.29, 1.82) is 0 Å². The van der Waals surface area contributed by atoms with Gasteiger partial charge in [-0.3, -0.25) is 0 Å². The van der Waals surface area contributed by atoms with Crippen LogP contribution in [-0.4, -0.2) is 36.1 Å². The Labute approximate surface area is 87.8 Å². The van der Waals surface area contributed by atoms with E-state index >= 15 is 0 Å². The first-order chi connectivity index (χ1) is 9.33. The minimum atomic E-state index is -3.12. The van der Waals surface area contributed by atoms with Crippen LogP contribution in [0.5, 0.6) is 0 Å². The molecule has 1 saturated heterocycles. The van der Waals surface area contributed by atoms with Crippen molar-refractivity contribution in [2.75, 3.05) is 36.7 Å². The van der Waals surface area contributed by atoms with Crippen molar-refractivity contribution in [2.24, 2.45) is 0 Å². The van der Waals surface area contributed by atoms with Crippen LogP contribution in [0.1, 0.15) is 11.0 Å². The minimum absolute atomic E-state index is 0.000785. The van der Waals surface area contributed by atoms with Gasteiger partial charge in [-0.1, -0.05) is 0 Å². The molecule has 13 heavy (non-hydrogen) atoms. The van der Waals surface area contributed by atoms with Gasteiger partial charge in [-0.05, 0) is 0 Å². The normalized spacial score (nSPS) is 42.0. The second kappa shape index (κ2) is 3.57. The van der Waals surface area contributed by atoms with E-state index < -0.39 is 31.9 Å². The summed E-state index contributed by atoms with van der Waals surface area (Å²) in [6, 6.07) is 0. The maximum absolute atomic E-state index is 7.80. The molecule has 1 fully saturated rings. The maximum Gasteiger partial charge on any atom is 0.147 e. The van der Waals surface area contributed by atoms with Gasteiger partial charge in [0.05, 0.1) is 36.5 Å². The summed E-state index contributed by atoms with van der Waals surface area (Å²) in [7, 11) is 0. The van der Waals surface area contributed by atoms with Gasteiger partial charge in [0.15, 0.2) is 0 Å². The SMILES string of the molecule is [2H]C1([2H])OC([2H])([2H])C([2H])([2H])N(c2cnc(N)cn2)C1([2H])[2H]. The molecule has 1 aliphatic rings. The molecule has 70 valence electrons. The number of hydrogen-bond acceptors (Lipinski definition) is 5. The molecule has 5 heteroatoms. The van der Waals surface area contributed by atoms with E-state index in [1.807, 2.05) is 0 Å². The molecule has 2 heterocycles. The van der Waals surface area contributed by atoms with Gasteiger partial charge in [0.2, 0.25) is 0 Å². The van der Waals surface area contributed by atoms with E-state index in [1.165, 1.54) is 0 Å². The Kier molecular flexibility index (Phi) is 0.850. The third-order valence-electron chi connectivity index (χ3n) is 1.30. The van der Waals surface area contributed by atoms with Crippen molar-refractivity contribution in [3.63, 3.8) is 0 Å². The standard InChI is InChI=1S/C8H12N4O/c9-7-5-11-8(6-10-7)12-1-3-13-4-2-12/h5-6H,1-4H2,(H2,9,10)/i1D2,2D2,3D2,4D2. The highest BCUT2D eigenvalue weighted by atomic mass is 16.5. The maximum atomic E-state index is 7.80. The van der Waals surface area contributed by atoms with Crippen molar-refractivity contribution >= 4 is 11.6 Å². The lowest BCUT2D eigenvalue weighted by Gasteiger charge is -2.27. The molecule has 0 unspecified atom stereocenters. The van der Waals surface area contributed by atoms with Gasteiger partial charge in [0.25, 0.3) is 0 Å². The third-order valence-corrected chi connectivity index (χ3v) is 1.30. The Morgan fingerprint density at radius 3 is 2.77 bits per heavy atom. The van der Waals surface area contributed by atoms with E-state index in [4.69, 9.17) is 16.7 Å². The van der Waals surface area contributed by atoms with Crippen LogP contribution in [-0.2, 0) is 4.74 Å². The van der Waals surface area contributed by atoms with E-state index in [0.29, 0.717) is 0 Å². The largest absolute Gasteiger partial charge is 0.382 e. The van der Waals surface area contributed by atoms with Gasteiger partial charge < -0.3 is 15.4 Å². The Morgan fingerprint density at radius 1 is 1.38 bits per heavy atom. The van der Waals surface area contributed by atoms with Crippen LogP contribution in [0.3, 0.4) is 0 Å². The van der Waals surface area contributed by atoms with E-state index in [1.54, 1.807) is 0 Å². The van der Waals surface area contributed by atoms with Gasteiger partial charge in [0, 0.05) is 13.0 Å². The first kappa shape index (κ1) is 3.09. The number of nitrogens with two attached hydrogens (primary N) is 1. The topological polar surface area (TPSA) is 64.3 Å². The van der Waals surface area contributed by atoms with Crippen LogP contribution in [0.4, 0.5) is 11.6 Å². The minimum Gasteiger partial charge on any atom is -0.382 e. The number of nitrogens with zero attached hydrogens (tertiary/aromatic N) is 3. The zero-order valence-corrected chi connectivity index (χ0v) is 6.48. The third kappa shape index (κ3) is 1.86. The van der Waals surface area contributed by atoms with E-state index in [9.17, 15) is 0 Å². The summed E-state index contributed by atoms with van der Waals surface area (Å²) in [5.41, 5.74) is 5.35.